The number of halogens is 1. The molecule has 1 aromatic carbocycles. The van der Waals surface area contributed by atoms with E-state index in [1.54, 1.807) is 6.26 Å². The van der Waals surface area contributed by atoms with Crippen molar-refractivity contribution in [2.24, 2.45) is 5.92 Å². The quantitative estimate of drug-likeness (QED) is 0.688. The van der Waals surface area contributed by atoms with Crippen molar-refractivity contribution in [2.75, 3.05) is 23.3 Å². The summed E-state index contributed by atoms with van der Waals surface area (Å²) in [7, 11) is 0. The highest BCUT2D eigenvalue weighted by atomic mass is 35.5. The number of piperidine rings is 1. The highest BCUT2D eigenvalue weighted by Gasteiger charge is 2.22. The first kappa shape index (κ1) is 17.8. The van der Waals surface area contributed by atoms with Gasteiger partial charge in [0.2, 0.25) is 17.2 Å². The predicted octanol–water partition coefficient (Wildman–Crippen LogP) is 4.19. The van der Waals surface area contributed by atoms with Crippen molar-refractivity contribution >= 4 is 23.5 Å². The third-order valence-electron chi connectivity index (χ3n) is 4.86. The van der Waals surface area contributed by atoms with Gasteiger partial charge in [-0.2, -0.15) is 15.0 Å². The molecule has 3 aromatic rings. The number of hydrogen-bond donors (Lipinski definition) is 1. The van der Waals surface area contributed by atoms with Crippen LogP contribution in [0.4, 0.5) is 11.9 Å². The molecular formula is C20H22ClN5O. The number of hydrogen-bond acceptors (Lipinski definition) is 6. The maximum absolute atomic E-state index is 6.11. The van der Waals surface area contributed by atoms with Crippen molar-refractivity contribution in [3.05, 3.63) is 65.3 Å². The molecule has 1 N–H and O–H groups in total. The molecule has 1 fully saturated rings. The van der Waals surface area contributed by atoms with Crippen LogP contribution in [0.1, 0.15) is 24.2 Å². The minimum Gasteiger partial charge on any atom is -0.467 e. The number of benzene rings is 1. The molecule has 6 nitrogen and oxygen atoms in total. The lowest BCUT2D eigenvalue weighted by molar-refractivity contribution is 0.400. The summed E-state index contributed by atoms with van der Waals surface area (Å²) in [5.74, 6) is 2.61. The third-order valence-corrected chi connectivity index (χ3v) is 5.03. The van der Waals surface area contributed by atoms with Crippen LogP contribution in [0.2, 0.25) is 5.28 Å². The Bertz CT molecular complexity index is 848. The fourth-order valence-electron chi connectivity index (χ4n) is 3.42. The van der Waals surface area contributed by atoms with Crippen LogP contribution < -0.4 is 10.2 Å². The largest absolute Gasteiger partial charge is 0.467 e. The van der Waals surface area contributed by atoms with Gasteiger partial charge in [0.1, 0.15) is 5.76 Å². The van der Waals surface area contributed by atoms with E-state index in [0.717, 1.165) is 38.1 Å². The van der Waals surface area contributed by atoms with Gasteiger partial charge in [-0.1, -0.05) is 30.3 Å². The molecule has 1 aliphatic rings. The minimum absolute atomic E-state index is 0.202. The van der Waals surface area contributed by atoms with Gasteiger partial charge in [0, 0.05) is 13.1 Å². The third kappa shape index (κ3) is 4.77. The Kier molecular flexibility index (Phi) is 5.53. The van der Waals surface area contributed by atoms with Gasteiger partial charge < -0.3 is 14.6 Å². The van der Waals surface area contributed by atoms with Crippen molar-refractivity contribution in [3.63, 3.8) is 0 Å². The molecule has 0 bridgehead atoms. The van der Waals surface area contributed by atoms with Gasteiger partial charge in [-0.3, -0.25) is 0 Å². The molecule has 0 radical (unpaired) electrons. The second kappa shape index (κ2) is 8.39. The average molecular weight is 384 g/mol. The predicted molar refractivity (Wildman–Crippen MR) is 106 cm³/mol. The zero-order valence-corrected chi connectivity index (χ0v) is 15.8. The molecule has 7 heteroatoms. The van der Waals surface area contributed by atoms with E-state index in [2.05, 4.69) is 55.5 Å². The lowest BCUT2D eigenvalue weighted by atomic mass is 9.90. The number of aromatic nitrogens is 3. The summed E-state index contributed by atoms with van der Waals surface area (Å²) >= 11 is 6.11. The maximum Gasteiger partial charge on any atom is 0.231 e. The smallest absolute Gasteiger partial charge is 0.231 e. The van der Waals surface area contributed by atoms with Crippen molar-refractivity contribution in [3.8, 4) is 0 Å². The molecule has 140 valence electrons. The topological polar surface area (TPSA) is 67.1 Å². The molecule has 0 unspecified atom stereocenters. The van der Waals surface area contributed by atoms with Crippen LogP contribution in [0.15, 0.2) is 53.1 Å². The molecular weight excluding hydrogens is 362 g/mol. The van der Waals surface area contributed by atoms with E-state index in [1.165, 1.54) is 5.56 Å². The standard InChI is InChI=1S/C20H22ClN5O/c21-18-23-19(22-14-17-7-4-12-27-17)25-20(24-18)26-10-8-16(9-11-26)13-15-5-2-1-3-6-15/h1-7,12,16H,8-11,13-14H2,(H,22,23,24,25). The fourth-order valence-corrected chi connectivity index (χ4v) is 3.58. The number of anilines is 2. The van der Waals surface area contributed by atoms with Gasteiger partial charge in [0.15, 0.2) is 0 Å². The zero-order valence-electron chi connectivity index (χ0n) is 15.0. The van der Waals surface area contributed by atoms with Crippen molar-refractivity contribution in [2.45, 2.75) is 25.8 Å². The van der Waals surface area contributed by atoms with Crippen LogP contribution in [0.3, 0.4) is 0 Å². The summed E-state index contributed by atoms with van der Waals surface area (Å²) in [6, 6.07) is 14.4. The van der Waals surface area contributed by atoms with Gasteiger partial charge in [-0.25, -0.2) is 0 Å². The van der Waals surface area contributed by atoms with E-state index in [4.69, 9.17) is 16.0 Å². The fraction of sp³-hybridized carbons (Fsp3) is 0.350. The number of rotatable bonds is 6. The van der Waals surface area contributed by atoms with E-state index in [9.17, 15) is 0 Å². The van der Waals surface area contributed by atoms with Gasteiger partial charge in [-0.05, 0) is 54.5 Å². The highest BCUT2D eigenvalue weighted by Crippen LogP contribution is 2.25. The average Bonchev–Trinajstić information content (AvgIpc) is 3.21. The second-order valence-electron chi connectivity index (χ2n) is 6.78. The SMILES string of the molecule is Clc1nc(NCc2ccco2)nc(N2CCC(Cc3ccccc3)CC2)n1. The Morgan fingerprint density at radius 3 is 2.59 bits per heavy atom. The van der Waals surface area contributed by atoms with E-state index in [-0.39, 0.29) is 5.28 Å². The van der Waals surface area contributed by atoms with Crippen LogP contribution in [-0.2, 0) is 13.0 Å². The van der Waals surface area contributed by atoms with Crippen LogP contribution in [0.5, 0.6) is 0 Å². The molecule has 0 aliphatic carbocycles. The van der Waals surface area contributed by atoms with Crippen LogP contribution in [-0.4, -0.2) is 28.0 Å². The molecule has 1 aliphatic heterocycles. The number of furan rings is 1. The van der Waals surface area contributed by atoms with Gasteiger partial charge in [0.05, 0.1) is 12.8 Å². The van der Waals surface area contributed by atoms with Crippen molar-refractivity contribution in [1.29, 1.82) is 0 Å². The lowest BCUT2D eigenvalue weighted by Gasteiger charge is -2.32. The van der Waals surface area contributed by atoms with Gasteiger partial charge in [0.25, 0.3) is 0 Å². The number of nitrogens with zero attached hydrogens (tertiary/aromatic N) is 4. The number of nitrogens with one attached hydrogen (secondary N) is 1. The zero-order chi connectivity index (χ0) is 18.5. The Morgan fingerprint density at radius 2 is 1.85 bits per heavy atom. The summed E-state index contributed by atoms with van der Waals surface area (Å²) in [6.45, 7) is 2.36. The molecule has 0 atom stereocenters. The minimum atomic E-state index is 0.202. The first-order chi connectivity index (χ1) is 13.3. The summed E-state index contributed by atoms with van der Waals surface area (Å²) in [4.78, 5) is 15.2. The molecule has 0 spiro atoms. The monoisotopic (exact) mass is 383 g/mol. The first-order valence-corrected chi connectivity index (χ1v) is 9.61. The Hall–Kier alpha value is -2.60. The molecule has 0 amide bonds. The van der Waals surface area contributed by atoms with E-state index in [0.29, 0.717) is 24.4 Å². The molecule has 2 aromatic heterocycles. The first-order valence-electron chi connectivity index (χ1n) is 9.23. The summed E-state index contributed by atoms with van der Waals surface area (Å²) in [5, 5.41) is 3.34. The van der Waals surface area contributed by atoms with Crippen LogP contribution in [0, 0.1) is 5.92 Å². The van der Waals surface area contributed by atoms with Gasteiger partial charge in [-0.15, -0.1) is 0 Å². The molecule has 4 rings (SSSR count). The van der Waals surface area contributed by atoms with Crippen LogP contribution >= 0.6 is 11.6 Å². The Balaban J connectivity index is 1.36. The van der Waals surface area contributed by atoms with E-state index in [1.807, 2.05) is 12.1 Å². The molecule has 1 saturated heterocycles. The van der Waals surface area contributed by atoms with Crippen LogP contribution in [0.25, 0.3) is 0 Å². The van der Waals surface area contributed by atoms with E-state index < -0.39 is 0 Å². The second-order valence-corrected chi connectivity index (χ2v) is 7.12. The Labute approximate surface area is 163 Å². The maximum atomic E-state index is 6.11. The summed E-state index contributed by atoms with van der Waals surface area (Å²) in [6.07, 6.45) is 5.01. The lowest BCUT2D eigenvalue weighted by Crippen LogP contribution is -2.35. The van der Waals surface area contributed by atoms with Gasteiger partial charge >= 0.3 is 0 Å². The highest BCUT2D eigenvalue weighted by molar-refractivity contribution is 6.28. The molecule has 3 heterocycles. The van der Waals surface area contributed by atoms with E-state index >= 15 is 0 Å². The normalized spacial score (nSPS) is 15.1. The Morgan fingerprint density at radius 1 is 1.04 bits per heavy atom. The van der Waals surface area contributed by atoms with Crippen molar-refractivity contribution in [1.82, 2.24) is 15.0 Å². The summed E-state index contributed by atoms with van der Waals surface area (Å²) < 4.78 is 5.32. The summed E-state index contributed by atoms with van der Waals surface area (Å²) in [5.41, 5.74) is 1.41. The molecule has 0 saturated carbocycles. The van der Waals surface area contributed by atoms with Crippen molar-refractivity contribution < 1.29 is 4.42 Å². The molecule has 27 heavy (non-hydrogen) atoms.